The third-order valence-electron chi connectivity index (χ3n) is 5.16. The van der Waals surface area contributed by atoms with Gasteiger partial charge in [0.2, 0.25) is 11.8 Å². The van der Waals surface area contributed by atoms with Gasteiger partial charge in [0.05, 0.1) is 13.7 Å². The highest BCUT2D eigenvalue weighted by atomic mass is 32.1. The van der Waals surface area contributed by atoms with Crippen LogP contribution in [0.5, 0.6) is 5.88 Å². The average Bonchev–Trinajstić information content (AvgIpc) is 3.12. The second kappa shape index (κ2) is 7.60. The molecular weight excluding hydrogens is 368 g/mol. The largest absolute Gasteiger partial charge is 0.481 e. The summed E-state index contributed by atoms with van der Waals surface area (Å²) in [5, 5.41) is 0. The molecule has 2 aromatic heterocycles. The lowest BCUT2D eigenvalue weighted by Crippen LogP contribution is -2.37. The summed E-state index contributed by atoms with van der Waals surface area (Å²) < 4.78 is 5.19. The van der Waals surface area contributed by atoms with Crippen LogP contribution in [0.15, 0.2) is 61.3 Å². The van der Waals surface area contributed by atoms with E-state index in [-0.39, 0.29) is 11.8 Å². The number of benzene rings is 1. The van der Waals surface area contributed by atoms with Crippen LogP contribution in [0.25, 0.3) is 11.1 Å². The first-order chi connectivity index (χ1) is 13.6. The average molecular weight is 391 g/mol. The molecule has 3 heterocycles. The number of fused-ring (bicyclic) bond motifs is 1. The highest BCUT2D eigenvalue weighted by Crippen LogP contribution is 2.41. The summed E-state index contributed by atoms with van der Waals surface area (Å²) in [6.45, 7) is 7.09. The fourth-order valence-electron chi connectivity index (χ4n) is 3.84. The number of aryl methyl sites for hydroxylation is 1. The molecule has 142 valence electrons. The maximum Gasteiger partial charge on any atom is 0.246 e. The van der Waals surface area contributed by atoms with E-state index in [4.69, 9.17) is 4.74 Å². The molecule has 0 unspecified atom stereocenters. The third kappa shape index (κ3) is 3.34. The number of carbonyl (C=O) groups is 1. The third-order valence-corrected chi connectivity index (χ3v) is 6.21. The molecule has 28 heavy (non-hydrogen) atoms. The van der Waals surface area contributed by atoms with Gasteiger partial charge in [-0.2, -0.15) is 0 Å². The number of ether oxygens (including phenoxy) is 1. The lowest BCUT2D eigenvalue weighted by atomic mass is 9.84. The summed E-state index contributed by atoms with van der Waals surface area (Å²) in [7, 11) is 1.61. The van der Waals surface area contributed by atoms with Crippen molar-refractivity contribution in [3.05, 3.63) is 82.2 Å². The second-order valence-electron chi connectivity index (χ2n) is 6.89. The minimum atomic E-state index is -0.0229. The van der Waals surface area contributed by atoms with Gasteiger partial charge >= 0.3 is 0 Å². The number of thiophene rings is 1. The molecule has 0 saturated heterocycles. The van der Waals surface area contributed by atoms with Gasteiger partial charge in [0.15, 0.2) is 0 Å². The monoisotopic (exact) mass is 390 g/mol. The van der Waals surface area contributed by atoms with Gasteiger partial charge in [-0.1, -0.05) is 30.8 Å². The summed E-state index contributed by atoms with van der Waals surface area (Å²) in [5.74, 6) is 0.693. The van der Waals surface area contributed by atoms with Gasteiger partial charge in [0, 0.05) is 40.0 Å². The highest BCUT2D eigenvalue weighted by molar-refractivity contribution is 7.12. The van der Waals surface area contributed by atoms with Crippen molar-refractivity contribution in [1.82, 2.24) is 9.88 Å². The summed E-state index contributed by atoms with van der Waals surface area (Å²) in [6.07, 6.45) is 3.24. The Morgan fingerprint density at radius 3 is 2.82 bits per heavy atom. The molecule has 0 saturated carbocycles. The Balaban J connectivity index is 1.81. The van der Waals surface area contributed by atoms with Crippen LogP contribution in [-0.4, -0.2) is 29.4 Å². The van der Waals surface area contributed by atoms with E-state index in [0.717, 1.165) is 11.1 Å². The van der Waals surface area contributed by atoms with Gasteiger partial charge in [0.1, 0.15) is 0 Å². The van der Waals surface area contributed by atoms with Crippen molar-refractivity contribution in [1.29, 1.82) is 0 Å². The normalized spacial score (nSPS) is 15.8. The maximum atomic E-state index is 12.4. The molecule has 4 nitrogen and oxygen atoms in total. The first-order valence-electron chi connectivity index (χ1n) is 9.20. The van der Waals surface area contributed by atoms with Crippen molar-refractivity contribution >= 4 is 17.2 Å². The van der Waals surface area contributed by atoms with Crippen molar-refractivity contribution < 1.29 is 9.53 Å². The van der Waals surface area contributed by atoms with Crippen LogP contribution >= 0.6 is 11.3 Å². The van der Waals surface area contributed by atoms with Crippen LogP contribution < -0.4 is 4.74 Å². The van der Waals surface area contributed by atoms with Crippen molar-refractivity contribution in [3.8, 4) is 17.0 Å². The van der Waals surface area contributed by atoms with E-state index >= 15 is 0 Å². The maximum absolute atomic E-state index is 12.4. The van der Waals surface area contributed by atoms with Gasteiger partial charge in [-0.15, -0.1) is 11.3 Å². The molecule has 0 fully saturated rings. The number of methoxy groups -OCH3 is 1. The minimum Gasteiger partial charge on any atom is -0.481 e. The number of hydrogen-bond acceptors (Lipinski definition) is 4. The number of nitrogens with zero attached hydrogens (tertiary/aromatic N) is 2. The van der Waals surface area contributed by atoms with Crippen LogP contribution in [0.3, 0.4) is 0 Å². The minimum absolute atomic E-state index is 0.0229. The van der Waals surface area contributed by atoms with E-state index in [0.29, 0.717) is 19.0 Å². The number of aromatic nitrogens is 1. The predicted molar refractivity (Wildman–Crippen MR) is 113 cm³/mol. The van der Waals surface area contributed by atoms with E-state index in [1.807, 2.05) is 29.3 Å². The quantitative estimate of drug-likeness (QED) is 0.602. The topological polar surface area (TPSA) is 42.4 Å². The van der Waals surface area contributed by atoms with E-state index in [1.165, 1.54) is 27.0 Å². The number of rotatable bonds is 4. The predicted octanol–water partition coefficient (Wildman–Crippen LogP) is 4.79. The van der Waals surface area contributed by atoms with Crippen molar-refractivity contribution in [2.75, 3.05) is 13.7 Å². The zero-order valence-electron chi connectivity index (χ0n) is 16.0. The summed E-state index contributed by atoms with van der Waals surface area (Å²) in [6, 6.07) is 14.5. The van der Waals surface area contributed by atoms with E-state index in [1.54, 1.807) is 18.4 Å². The molecule has 0 N–H and O–H groups in total. The Kier molecular flexibility index (Phi) is 5.01. The molecular formula is C23H22N2O2S. The summed E-state index contributed by atoms with van der Waals surface area (Å²) in [5.41, 5.74) is 4.70. The van der Waals surface area contributed by atoms with E-state index in [9.17, 15) is 4.79 Å². The van der Waals surface area contributed by atoms with Crippen LogP contribution in [-0.2, 0) is 11.3 Å². The molecule has 1 aromatic carbocycles. The standard InChI is InChI=1S/C23H22N2O2S/c1-4-23(26)25-13-20(19-11-15(2)28-21(19)14-25)18-8-6-5-7-17(18)16-9-10-22(27-3)24-12-16/h4-12,20H,1,13-14H2,2-3H3/t20-/m0/s1. The molecule has 0 spiro atoms. The lowest BCUT2D eigenvalue weighted by molar-refractivity contribution is -0.127. The van der Waals surface area contributed by atoms with Gasteiger partial charge < -0.3 is 9.64 Å². The molecule has 0 radical (unpaired) electrons. The first kappa shape index (κ1) is 18.4. The van der Waals surface area contributed by atoms with Crippen molar-refractivity contribution in [2.24, 2.45) is 0 Å². The number of pyridine rings is 1. The molecule has 0 aliphatic carbocycles. The zero-order chi connectivity index (χ0) is 19.7. The van der Waals surface area contributed by atoms with Gasteiger partial charge in [-0.25, -0.2) is 4.98 Å². The van der Waals surface area contributed by atoms with Crippen LogP contribution in [0.1, 0.15) is 26.8 Å². The first-order valence-corrected chi connectivity index (χ1v) is 10.0. The zero-order valence-corrected chi connectivity index (χ0v) is 16.8. The molecule has 3 aromatic rings. The number of amides is 1. The summed E-state index contributed by atoms with van der Waals surface area (Å²) in [4.78, 5) is 21.2. The number of carbonyl (C=O) groups excluding carboxylic acids is 1. The van der Waals surface area contributed by atoms with E-state index < -0.39 is 0 Å². The van der Waals surface area contributed by atoms with Crippen LogP contribution in [0.4, 0.5) is 0 Å². The molecule has 1 aliphatic rings. The highest BCUT2D eigenvalue weighted by Gasteiger charge is 2.31. The van der Waals surface area contributed by atoms with Gasteiger partial charge in [0.25, 0.3) is 0 Å². The Morgan fingerprint density at radius 2 is 2.11 bits per heavy atom. The lowest BCUT2D eigenvalue weighted by Gasteiger charge is -2.33. The molecule has 4 rings (SSSR count). The van der Waals surface area contributed by atoms with E-state index in [2.05, 4.69) is 42.8 Å². The van der Waals surface area contributed by atoms with Crippen molar-refractivity contribution in [2.45, 2.75) is 19.4 Å². The van der Waals surface area contributed by atoms with Gasteiger partial charge in [-0.05, 0) is 41.8 Å². The molecule has 1 atom stereocenters. The van der Waals surface area contributed by atoms with Gasteiger partial charge in [-0.3, -0.25) is 4.79 Å². The Labute approximate surface area is 169 Å². The summed E-state index contributed by atoms with van der Waals surface area (Å²) >= 11 is 1.77. The fourth-order valence-corrected chi connectivity index (χ4v) is 4.96. The second-order valence-corrected chi connectivity index (χ2v) is 8.23. The Hall–Kier alpha value is -2.92. The smallest absolute Gasteiger partial charge is 0.246 e. The molecule has 0 bridgehead atoms. The number of hydrogen-bond donors (Lipinski definition) is 0. The Bertz CT molecular complexity index is 1020. The Morgan fingerprint density at radius 1 is 1.29 bits per heavy atom. The van der Waals surface area contributed by atoms with Crippen molar-refractivity contribution in [3.63, 3.8) is 0 Å². The molecule has 5 heteroatoms. The molecule has 1 amide bonds. The SMILES string of the molecule is C=CC(=O)N1Cc2sc(C)cc2[C@H](c2ccccc2-c2ccc(OC)nc2)C1. The van der Waals surface area contributed by atoms with Crippen LogP contribution in [0, 0.1) is 6.92 Å². The fraction of sp³-hybridized carbons (Fsp3) is 0.217. The molecule has 1 aliphatic heterocycles. The van der Waals surface area contributed by atoms with Crippen LogP contribution in [0.2, 0.25) is 0 Å².